The standard InChI is InChI=1S/C7H11FIN3/c1-4(2)5(3)12-6(8)10-7(9)11-12/h4-5H,1-3H3. The van der Waals surface area contributed by atoms with E-state index < -0.39 is 6.08 Å². The van der Waals surface area contributed by atoms with Crippen molar-refractivity contribution in [2.75, 3.05) is 0 Å². The van der Waals surface area contributed by atoms with Crippen LogP contribution in [0.4, 0.5) is 4.39 Å². The smallest absolute Gasteiger partial charge is 0.218 e. The third kappa shape index (κ3) is 1.94. The average molecular weight is 283 g/mol. The Bertz CT molecular complexity index is 272. The quantitative estimate of drug-likeness (QED) is 0.779. The first-order valence-corrected chi connectivity index (χ1v) is 4.87. The first kappa shape index (κ1) is 9.88. The van der Waals surface area contributed by atoms with Crippen LogP contribution in [-0.4, -0.2) is 14.8 Å². The van der Waals surface area contributed by atoms with Crippen LogP contribution < -0.4 is 0 Å². The summed E-state index contributed by atoms with van der Waals surface area (Å²) in [6.07, 6.45) is -0.499. The van der Waals surface area contributed by atoms with E-state index in [2.05, 4.69) is 10.1 Å². The lowest BCUT2D eigenvalue weighted by atomic mass is 10.1. The van der Waals surface area contributed by atoms with Crippen molar-refractivity contribution in [1.82, 2.24) is 14.8 Å². The number of nitrogens with zero attached hydrogens (tertiary/aromatic N) is 3. The molecule has 3 nitrogen and oxygen atoms in total. The molecule has 1 rings (SSSR count). The summed E-state index contributed by atoms with van der Waals surface area (Å²) in [6.45, 7) is 5.98. The van der Waals surface area contributed by atoms with E-state index in [1.54, 1.807) is 0 Å². The lowest BCUT2D eigenvalue weighted by Crippen LogP contribution is -2.15. The number of hydrogen-bond donors (Lipinski definition) is 0. The Labute approximate surface area is 84.5 Å². The van der Waals surface area contributed by atoms with Crippen molar-refractivity contribution in [2.24, 2.45) is 5.92 Å². The average Bonchev–Trinajstić information content (AvgIpc) is 2.28. The van der Waals surface area contributed by atoms with Crippen molar-refractivity contribution in [1.29, 1.82) is 0 Å². The van der Waals surface area contributed by atoms with Gasteiger partial charge in [0, 0.05) is 22.6 Å². The molecular formula is C7H11FIN3. The van der Waals surface area contributed by atoms with Crippen molar-refractivity contribution in [3.63, 3.8) is 0 Å². The van der Waals surface area contributed by atoms with E-state index in [0.29, 0.717) is 9.75 Å². The summed E-state index contributed by atoms with van der Waals surface area (Å²) < 4.78 is 14.8. The van der Waals surface area contributed by atoms with E-state index in [1.807, 2.05) is 43.4 Å². The van der Waals surface area contributed by atoms with Gasteiger partial charge in [0.05, 0.1) is 6.04 Å². The maximum absolute atomic E-state index is 13.0. The third-order valence-corrected chi connectivity index (χ3v) is 2.37. The van der Waals surface area contributed by atoms with Gasteiger partial charge in [-0.2, -0.15) is 9.37 Å². The molecule has 0 aliphatic rings. The molecular weight excluding hydrogens is 272 g/mol. The van der Waals surface area contributed by atoms with Crippen molar-refractivity contribution in [3.8, 4) is 0 Å². The van der Waals surface area contributed by atoms with Gasteiger partial charge >= 0.3 is 6.08 Å². The Morgan fingerprint density at radius 3 is 2.33 bits per heavy atom. The molecule has 1 atom stereocenters. The molecule has 12 heavy (non-hydrogen) atoms. The van der Waals surface area contributed by atoms with Crippen molar-refractivity contribution in [3.05, 3.63) is 9.91 Å². The molecule has 0 aliphatic heterocycles. The van der Waals surface area contributed by atoms with Gasteiger partial charge in [-0.3, -0.25) is 0 Å². The van der Waals surface area contributed by atoms with E-state index >= 15 is 0 Å². The Hall–Kier alpha value is -0.200. The summed E-state index contributed by atoms with van der Waals surface area (Å²) in [6, 6.07) is 0.0565. The second-order valence-corrected chi connectivity index (χ2v) is 4.04. The second kappa shape index (κ2) is 3.68. The highest BCUT2D eigenvalue weighted by Gasteiger charge is 2.16. The van der Waals surface area contributed by atoms with Gasteiger partial charge in [0.2, 0.25) is 3.83 Å². The summed E-state index contributed by atoms with van der Waals surface area (Å²) in [4.78, 5) is 3.59. The predicted molar refractivity (Wildman–Crippen MR) is 52.2 cm³/mol. The minimum atomic E-state index is -0.499. The van der Waals surface area contributed by atoms with Gasteiger partial charge in [-0.25, -0.2) is 4.68 Å². The number of rotatable bonds is 2. The van der Waals surface area contributed by atoms with E-state index in [9.17, 15) is 4.39 Å². The minimum absolute atomic E-state index is 0.0565. The van der Waals surface area contributed by atoms with Crippen molar-refractivity contribution in [2.45, 2.75) is 26.8 Å². The van der Waals surface area contributed by atoms with Crippen LogP contribution in [-0.2, 0) is 0 Å². The van der Waals surface area contributed by atoms with Gasteiger partial charge < -0.3 is 0 Å². The molecule has 68 valence electrons. The van der Waals surface area contributed by atoms with E-state index in [0.717, 1.165) is 0 Å². The summed E-state index contributed by atoms with van der Waals surface area (Å²) in [5.74, 6) is 0.358. The molecule has 0 saturated heterocycles. The van der Waals surface area contributed by atoms with Gasteiger partial charge in [0.25, 0.3) is 0 Å². The fourth-order valence-electron chi connectivity index (χ4n) is 0.821. The predicted octanol–water partition coefficient (Wildman–Crippen LogP) is 2.24. The maximum Gasteiger partial charge on any atom is 0.308 e. The van der Waals surface area contributed by atoms with Crippen LogP contribution in [0.2, 0.25) is 0 Å². The molecule has 1 unspecified atom stereocenters. The molecule has 1 aromatic heterocycles. The van der Waals surface area contributed by atoms with Crippen molar-refractivity contribution >= 4 is 22.6 Å². The van der Waals surface area contributed by atoms with Gasteiger partial charge in [-0.05, 0) is 12.8 Å². The molecule has 0 aromatic carbocycles. The fourth-order valence-corrected chi connectivity index (χ4v) is 1.25. The molecule has 1 heterocycles. The zero-order chi connectivity index (χ0) is 9.30. The van der Waals surface area contributed by atoms with Crippen LogP contribution in [0.25, 0.3) is 0 Å². The van der Waals surface area contributed by atoms with E-state index in [-0.39, 0.29) is 6.04 Å². The van der Waals surface area contributed by atoms with Crippen LogP contribution >= 0.6 is 22.6 Å². The topological polar surface area (TPSA) is 30.7 Å². The third-order valence-electron chi connectivity index (χ3n) is 1.91. The highest BCUT2D eigenvalue weighted by molar-refractivity contribution is 14.1. The normalized spacial score (nSPS) is 13.8. The fraction of sp³-hybridized carbons (Fsp3) is 0.714. The minimum Gasteiger partial charge on any atom is -0.218 e. The van der Waals surface area contributed by atoms with Gasteiger partial charge in [0.1, 0.15) is 0 Å². The molecule has 0 fully saturated rings. The number of halogens is 2. The number of aromatic nitrogens is 3. The first-order valence-electron chi connectivity index (χ1n) is 3.80. The zero-order valence-electron chi connectivity index (χ0n) is 7.25. The molecule has 5 heteroatoms. The highest BCUT2D eigenvalue weighted by atomic mass is 127. The lowest BCUT2D eigenvalue weighted by molar-refractivity contribution is 0.316. The van der Waals surface area contributed by atoms with Crippen LogP contribution in [0.5, 0.6) is 0 Å². The molecule has 0 radical (unpaired) electrons. The molecule has 0 amide bonds. The Kier molecular flexibility index (Phi) is 3.03. The largest absolute Gasteiger partial charge is 0.308 e. The van der Waals surface area contributed by atoms with Crippen LogP contribution in [0, 0.1) is 15.8 Å². The summed E-state index contributed by atoms with van der Waals surface area (Å²) in [5, 5.41) is 3.95. The molecule has 0 aliphatic carbocycles. The van der Waals surface area contributed by atoms with Crippen molar-refractivity contribution < 1.29 is 4.39 Å². The molecule has 1 aromatic rings. The van der Waals surface area contributed by atoms with Crippen LogP contribution in [0.15, 0.2) is 0 Å². The SMILES string of the molecule is CC(C)C(C)n1nc(I)nc1F. The van der Waals surface area contributed by atoms with Gasteiger partial charge in [0.15, 0.2) is 0 Å². The second-order valence-electron chi connectivity index (χ2n) is 3.08. The summed E-state index contributed by atoms with van der Waals surface area (Å²) in [5.41, 5.74) is 0. The van der Waals surface area contributed by atoms with Crippen LogP contribution in [0.3, 0.4) is 0 Å². The van der Waals surface area contributed by atoms with E-state index in [4.69, 9.17) is 0 Å². The van der Waals surface area contributed by atoms with Gasteiger partial charge in [-0.1, -0.05) is 13.8 Å². The molecule has 0 bridgehead atoms. The summed E-state index contributed by atoms with van der Waals surface area (Å²) >= 11 is 1.90. The maximum atomic E-state index is 13.0. The highest BCUT2D eigenvalue weighted by Crippen LogP contribution is 2.16. The Morgan fingerprint density at radius 1 is 1.42 bits per heavy atom. The molecule has 0 saturated carbocycles. The molecule has 0 N–H and O–H groups in total. The monoisotopic (exact) mass is 283 g/mol. The number of hydrogen-bond acceptors (Lipinski definition) is 2. The summed E-state index contributed by atoms with van der Waals surface area (Å²) in [7, 11) is 0. The first-order chi connectivity index (χ1) is 5.52. The van der Waals surface area contributed by atoms with Crippen LogP contribution in [0.1, 0.15) is 26.8 Å². The lowest BCUT2D eigenvalue weighted by Gasteiger charge is -2.14. The Balaban J connectivity index is 2.94. The molecule has 0 spiro atoms. The Morgan fingerprint density at radius 2 is 2.00 bits per heavy atom. The van der Waals surface area contributed by atoms with E-state index in [1.165, 1.54) is 4.68 Å². The zero-order valence-corrected chi connectivity index (χ0v) is 9.41. The van der Waals surface area contributed by atoms with Gasteiger partial charge in [-0.15, -0.1) is 5.10 Å².